The lowest BCUT2D eigenvalue weighted by Crippen LogP contribution is -2.41. The minimum atomic E-state index is -0.603. The second-order valence-electron chi connectivity index (χ2n) is 6.01. The molecule has 19 heavy (non-hydrogen) atoms. The Kier molecular flexibility index (Phi) is 3.37. The molecule has 6 heteroatoms. The van der Waals surface area contributed by atoms with Crippen molar-refractivity contribution in [3.05, 3.63) is 17.8 Å². The van der Waals surface area contributed by atoms with E-state index in [4.69, 9.17) is 15.0 Å². The van der Waals surface area contributed by atoms with Crippen molar-refractivity contribution in [3.63, 3.8) is 0 Å². The number of anilines is 1. The van der Waals surface area contributed by atoms with Crippen LogP contribution < -0.4 is 11.2 Å². The Balaban J connectivity index is 2.36. The highest BCUT2D eigenvalue weighted by atomic mass is 16.7. The van der Waals surface area contributed by atoms with Crippen LogP contribution in [0.2, 0.25) is 0 Å². The van der Waals surface area contributed by atoms with Crippen LogP contribution in [0.25, 0.3) is 0 Å². The first-order valence-corrected chi connectivity index (χ1v) is 6.43. The largest absolute Gasteiger partial charge is 0.498 e. The molecule has 0 bridgehead atoms. The number of nitrogens with two attached hydrogens (primary N) is 1. The van der Waals surface area contributed by atoms with Gasteiger partial charge >= 0.3 is 7.12 Å². The van der Waals surface area contributed by atoms with Crippen molar-refractivity contribution in [3.8, 4) is 0 Å². The fraction of sp³-hybridized carbons (Fsp3) is 0.615. The molecule has 2 rings (SSSR count). The lowest BCUT2D eigenvalue weighted by Gasteiger charge is -2.32. The van der Waals surface area contributed by atoms with E-state index in [1.54, 1.807) is 19.2 Å². The number of hydrogen-bond acceptors (Lipinski definition) is 5. The lowest BCUT2D eigenvalue weighted by molar-refractivity contribution is 0.00578. The summed E-state index contributed by atoms with van der Waals surface area (Å²) in [5.74, 6) is 0.364. The second-order valence-corrected chi connectivity index (χ2v) is 6.01. The van der Waals surface area contributed by atoms with Crippen LogP contribution in [0.1, 0.15) is 46.3 Å². The molecule has 0 saturated carbocycles. The van der Waals surface area contributed by atoms with Crippen molar-refractivity contribution in [1.82, 2.24) is 4.98 Å². The summed E-state index contributed by atoms with van der Waals surface area (Å²) >= 11 is 0. The van der Waals surface area contributed by atoms with Crippen LogP contribution >= 0.6 is 0 Å². The Morgan fingerprint density at radius 2 is 1.79 bits per heavy atom. The summed E-state index contributed by atoms with van der Waals surface area (Å²) in [4.78, 5) is 4.10. The Bertz CT molecular complexity index is 473. The van der Waals surface area contributed by atoms with Crippen molar-refractivity contribution in [1.29, 1.82) is 0 Å². The van der Waals surface area contributed by atoms with Gasteiger partial charge in [0.15, 0.2) is 0 Å². The third kappa shape index (κ3) is 2.48. The van der Waals surface area contributed by atoms with Crippen LogP contribution in [0.5, 0.6) is 0 Å². The topological polar surface area (TPSA) is 77.6 Å². The maximum absolute atomic E-state index is 9.62. The Morgan fingerprint density at radius 1 is 1.26 bits per heavy atom. The standard InChI is InChI=1S/C13H21BN2O3/c1-8(17)9-6-10(11(15)16-7-9)14-18-12(2,3)13(4,5)19-14/h6-8,17H,1-5H3,(H2,15,16). The highest BCUT2D eigenvalue weighted by Gasteiger charge is 2.52. The fourth-order valence-electron chi connectivity index (χ4n) is 1.90. The minimum absolute atomic E-state index is 0.364. The first kappa shape index (κ1) is 14.3. The van der Waals surface area contributed by atoms with E-state index < -0.39 is 24.4 Å². The zero-order valence-corrected chi connectivity index (χ0v) is 12.1. The molecule has 1 saturated heterocycles. The monoisotopic (exact) mass is 264 g/mol. The van der Waals surface area contributed by atoms with Crippen molar-refractivity contribution < 1.29 is 14.4 Å². The normalized spacial score (nSPS) is 22.5. The highest BCUT2D eigenvalue weighted by molar-refractivity contribution is 6.63. The molecule has 1 atom stereocenters. The maximum atomic E-state index is 9.62. The summed E-state index contributed by atoms with van der Waals surface area (Å²) in [5.41, 5.74) is 6.40. The van der Waals surface area contributed by atoms with Crippen molar-refractivity contribution in [2.24, 2.45) is 0 Å². The SMILES string of the molecule is CC(O)c1cnc(N)c(B2OC(C)(C)C(C)(C)O2)c1. The van der Waals surface area contributed by atoms with Gasteiger partial charge in [-0.15, -0.1) is 0 Å². The molecule has 1 unspecified atom stereocenters. The van der Waals surface area contributed by atoms with Gasteiger partial charge in [-0.2, -0.15) is 0 Å². The smallest absolute Gasteiger partial charge is 0.399 e. The predicted octanol–water partition coefficient (Wildman–Crippen LogP) is 1.02. The van der Waals surface area contributed by atoms with Gasteiger partial charge < -0.3 is 20.1 Å². The third-order valence-electron chi connectivity index (χ3n) is 3.96. The minimum Gasteiger partial charge on any atom is -0.399 e. The Morgan fingerprint density at radius 3 is 2.26 bits per heavy atom. The van der Waals surface area contributed by atoms with Crippen LogP contribution in [0, 0.1) is 0 Å². The molecule has 5 nitrogen and oxygen atoms in total. The van der Waals surface area contributed by atoms with Gasteiger partial charge in [0, 0.05) is 11.7 Å². The molecule has 1 aliphatic heterocycles. The second kappa shape index (κ2) is 4.47. The van der Waals surface area contributed by atoms with E-state index in [2.05, 4.69) is 4.98 Å². The van der Waals surface area contributed by atoms with Gasteiger partial charge in [0.05, 0.1) is 17.3 Å². The average molecular weight is 264 g/mol. The predicted molar refractivity (Wildman–Crippen MR) is 75.0 cm³/mol. The average Bonchev–Trinajstić information content (AvgIpc) is 2.48. The van der Waals surface area contributed by atoms with Crippen molar-refractivity contribution in [2.75, 3.05) is 5.73 Å². The van der Waals surface area contributed by atoms with Gasteiger partial charge in [-0.25, -0.2) is 4.98 Å². The number of hydrogen-bond donors (Lipinski definition) is 2. The van der Waals surface area contributed by atoms with Gasteiger partial charge in [-0.1, -0.05) is 6.07 Å². The van der Waals surface area contributed by atoms with E-state index in [1.807, 2.05) is 27.7 Å². The zero-order chi connectivity index (χ0) is 14.4. The molecule has 104 valence electrons. The van der Waals surface area contributed by atoms with Crippen LogP contribution in [-0.2, 0) is 9.31 Å². The van der Waals surface area contributed by atoms with E-state index in [9.17, 15) is 5.11 Å². The molecule has 0 amide bonds. The molecule has 0 aliphatic carbocycles. The molecule has 1 aliphatic rings. The van der Waals surface area contributed by atoms with Gasteiger partial charge in [0.2, 0.25) is 0 Å². The molecule has 2 heterocycles. The lowest BCUT2D eigenvalue weighted by atomic mass is 9.78. The number of pyridine rings is 1. The summed E-state index contributed by atoms with van der Waals surface area (Å²) in [6, 6.07) is 1.79. The van der Waals surface area contributed by atoms with Gasteiger partial charge in [-0.05, 0) is 40.2 Å². The zero-order valence-electron chi connectivity index (χ0n) is 12.1. The highest BCUT2D eigenvalue weighted by Crippen LogP contribution is 2.36. The number of nitrogen functional groups attached to an aromatic ring is 1. The molecule has 0 radical (unpaired) electrons. The number of rotatable bonds is 2. The van der Waals surface area contributed by atoms with Gasteiger partial charge in [-0.3, -0.25) is 0 Å². The molecule has 1 aromatic rings. The number of nitrogens with zero attached hydrogens (tertiary/aromatic N) is 1. The van der Waals surface area contributed by atoms with Crippen molar-refractivity contribution >= 4 is 18.4 Å². The first-order chi connectivity index (χ1) is 8.64. The van der Waals surface area contributed by atoms with Gasteiger partial charge in [0.25, 0.3) is 0 Å². The van der Waals surface area contributed by atoms with E-state index >= 15 is 0 Å². The molecule has 3 N–H and O–H groups in total. The molecule has 1 fully saturated rings. The molecular formula is C13H21BN2O3. The van der Waals surface area contributed by atoms with Crippen LogP contribution in [0.15, 0.2) is 12.3 Å². The fourth-order valence-corrected chi connectivity index (χ4v) is 1.90. The summed E-state index contributed by atoms with van der Waals surface area (Å²) in [6.07, 6.45) is 0.962. The maximum Gasteiger partial charge on any atom is 0.498 e. The van der Waals surface area contributed by atoms with E-state index in [0.29, 0.717) is 16.8 Å². The Labute approximate surface area is 114 Å². The number of aliphatic hydroxyl groups excluding tert-OH is 1. The van der Waals surface area contributed by atoms with Crippen LogP contribution in [0.4, 0.5) is 5.82 Å². The Hall–Kier alpha value is -1.11. The van der Waals surface area contributed by atoms with E-state index in [-0.39, 0.29) is 0 Å². The van der Waals surface area contributed by atoms with E-state index in [1.165, 1.54) is 0 Å². The number of aliphatic hydroxyl groups is 1. The van der Waals surface area contributed by atoms with Gasteiger partial charge in [0.1, 0.15) is 5.82 Å². The molecular weight excluding hydrogens is 243 g/mol. The molecule has 0 spiro atoms. The summed E-state index contributed by atoms with van der Waals surface area (Å²) in [7, 11) is -0.559. The molecule has 0 aromatic carbocycles. The van der Waals surface area contributed by atoms with Crippen LogP contribution in [0.3, 0.4) is 0 Å². The van der Waals surface area contributed by atoms with Crippen molar-refractivity contribution in [2.45, 2.75) is 51.9 Å². The molecule has 1 aromatic heterocycles. The summed E-state index contributed by atoms with van der Waals surface area (Å²) in [6.45, 7) is 9.61. The quantitative estimate of drug-likeness (QED) is 0.780. The summed E-state index contributed by atoms with van der Waals surface area (Å²) < 4.78 is 11.9. The first-order valence-electron chi connectivity index (χ1n) is 6.43. The summed E-state index contributed by atoms with van der Waals surface area (Å²) in [5, 5.41) is 9.62. The van der Waals surface area contributed by atoms with E-state index in [0.717, 1.165) is 0 Å². The van der Waals surface area contributed by atoms with Crippen LogP contribution in [-0.4, -0.2) is 28.4 Å². The number of aromatic nitrogens is 1. The third-order valence-corrected chi connectivity index (χ3v) is 3.96.